The van der Waals surface area contributed by atoms with Gasteiger partial charge in [0.05, 0.1) is 18.1 Å². The molecule has 142 valence electrons. The Labute approximate surface area is 168 Å². The molecule has 0 saturated carbocycles. The maximum Gasteiger partial charge on any atom is 0.266 e. The van der Waals surface area contributed by atoms with Crippen molar-refractivity contribution in [1.29, 1.82) is 0 Å². The van der Waals surface area contributed by atoms with Crippen molar-refractivity contribution in [3.8, 4) is 0 Å². The first-order valence-corrected chi connectivity index (χ1v) is 10.5. The Morgan fingerprint density at radius 1 is 1.22 bits per heavy atom. The highest BCUT2D eigenvalue weighted by Gasteiger charge is 2.31. The van der Waals surface area contributed by atoms with Crippen LogP contribution in [0.5, 0.6) is 0 Å². The van der Waals surface area contributed by atoms with Gasteiger partial charge in [0.15, 0.2) is 0 Å². The van der Waals surface area contributed by atoms with Crippen molar-refractivity contribution in [3.05, 3.63) is 40.9 Å². The second-order valence-electron chi connectivity index (χ2n) is 6.85. The van der Waals surface area contributed by atoms with Crippen molar-refractivity contribution in [1.82, 2.24) is 14.4 Å². The van der Waals surface area contributed by atoms with Crippen LogP contribution in [0.1, 0.15) is 12.0 Å². The normalized spacial score (nSPS) is 20.3. The standard InChI is InChI=1S/C20H23N3O2S2/c1-21-14-15(16-5-2-3-6-17(16)21)13-18-19(24)23(20(26)27-18)8-4-7-22-9-11-25-12-10-22/h2-3,5-6,13-14H,4,7-12H2,1H3. The SMILES string of the molecule is Cn1cc(C=C2SC(=S)N(CCCN3CCOCC3)C2=O)c2ccccc21. The third-order valence-corrected chi connectivity index (χ3v) is 6.43. The fourth-order valence-corrected chi connectivity index (χ4v) is 4.90. The van der Waals surface area contributed by atoms with Crippen LogP contribution in [0.25, 0.3) is 17.0 Å². The summed E-state index contributed by atoms with van der Waals surface area (Å²) in [5.41, 5.74) is 2.21. The van der Waals surface area contributed by atoms with Crippen LogP contribution >= 0.6 is 24.0 Å². The lowest BCUT2D eigenvalue weighted by Crippen LogP contribution is -2.38. The molecule has 0 atom stereocenters. The van der Waals surface area contributed by atoms with E-state index in [1.165, 1.54) is 11.8 Å². The highest BCUT2D eigenvalue weighted by Crippen LogP contribution is 2.34. The number of carbonyl (C=O) groups excluding carboxylic acids is 1. The van der Waals surface area contributed by atoms with Crippen molar-refractivity contribution in [2.45, 2.75) is 6.42 Å². The lowest BCUT2D eigenvalue weighted by Gasteiger charge is -2.27. The number of hydrogen-bond acceptors (Lipinski definition) is 5. The van der Waals surface area contributed by atoms with E-state index in [9.17, 15) is 4.79 Å². The molecule has 4 rings (SSSR count). The van der Waals surface area contributed by atoms with E-state index >= 15 is 0 Å². The molecule has 0 radical (unpaired) electrons. The Kier molecular flexibility index (Phi) is 5.63. The molecule has 7 heteroatoms. The molecule has 2 aliphatic heterocycles. The maximum atomic E-state index is 12.9. The Bertz CT molecular complexity index is 900. The quantitative estimate of drug-likeness (QED) is 0.569. The fraction of sp³-hybridized carbons (Fsp3) is 0.400. The predicted octanol–water partition coefficient (Wildman–Crippen LogP) is 3.10. The van der Waals surface area contributed by atoms with Crippen molar-refractivity contribution >= 4 is 51.2 Å². The zero-order valence-electron chi connectivity index (χ0n) is 15.4. The number of hydrogen-bond donors (Lipinski definition) is 0. The number of para-hydroxylation sites is 1. The fourth-order valence-electron chi connectivity index (χ4n) is 3.60. The van der Waals surface area contributed by atoms with Crippen molar-refractivity contribution < 1.29 is 9.53 Å². The van der Waals surface area contributed by atoms with Gasteiger partial charge in [0.2, 0.25) is 0 Å². The third-order valence-electron chi connectivity index (χ3n) is 5.05. The Morgan fingerprint density at radius 2 is 2.00 bits per heavy atom. The van der Waals surface area contributed by atoms with Gasteiger partial charge in [0.25, 0.3) is 5.91 Å². The summed E-state index contributed by atoms with van der Waals surface area (Å²) in [6, 6.07) is 8.23. The van der Waals surface area contributed by atoms with Crippen LogP contribution in [0.15, 0.2) is 35.4 Å². The van der Waals surface area contributed by atoms with E-state index in [4.69, 9.17) is 17.0 Å². The summed E-state index contributed by atoms with van der Waals surface area (Å²) in [7, 11) is 2.02. The minimum atomic E-state index is 0.0277. The molecular formula is C20H23N3O2S2. The molecule has 2 saturated heterocycles. The van der Waals surface area contributed by atoms with Crippen LogP contribution < -0.4 is 0 Å². The Morgan fingerprint density at radius 3 is 2.81 bits per heavy atom. The Hall–Kier alpha value is -1.67. The van der Waals surface area contributed by atoms with Crippen LogP contribution in [0.4, 0.5) is 0 Å². The van der Waals surface area contributed by atoms with Gasteiger partial charge in [-0.1, -0.05) is 42.2 Å². The molecule has 0 bridgehead atoms. The van der Waals surface area contributed by atoms with E-state index in [-0.39, 0.29) is 5.91 Å². The molecule has 1 aromatic carbocycles. The lowest BCUT2D eigenvalue weighted by molar-refractivity contribution is -0.122. The topological polar surface area (TPSA) is 37.7 Å². The van der Waals surface area contributed by atoms with Crippen molar-refractivity contribution in [2.75, 3.05) is 39.4 Å². The van der Waals surface area contributed by atoms with E-state index in [2.05, 4.69) is 27.8 Å². The first-order chi connectivity index (χ1) is 13.1. The number of aromatic nitrogens is 1. The van der Waals surface area contributed by atoms with Crippen LogP contribution in [0.3, 0.4) is 0 Å². The highest BCUT2D eigenvalue weighted by atomic mass is 32.2. The third kappa shape index (κ3) is 3.96. The average molecular weight is 402 g/mol. The highest BCUT2D eigenvalue weighted by molar-refractivity contribution is 8.26. The van der Waals surface area contributed by atoms with Gasteiger partial charge in [-0.05, 0) is 18.6 Å². The molecule has 3 heterocycles. The van der Waals surface area contributed by atoms with Gasteiger partial charge >= 0.3 is 0 Å². The predicted molar refractivity (Wildman–Crippen MR) is 115 cm³/mol. The first-order valence-electron chi connectivity index (χ1n) is 9.23. The molecule has 2 aliphatic rings. The molecule has 0 unspecified atom stereocenters. The number of nitrogens with zero attached hydrogens (tertiary/aromatic N) is 3. The number of morpholine rings is 1. The van der Waals surface area contributed by atoms with E-state index in [1.54, 1.807) is 4.90 Å². The molecule has 0 N–H and O–H groups in total. The number of aryl methyl sites for hydroxylation is 1. The summed E-state index contributed by atoms with van der Waals surface area (Å²) in [5.74, 6) is 0.0277. The van der Waals surface area contributed by atoms with Crippen LogP contribution in [-0.4, -0.2) is 64.0 Å². The number of ether oxygens (including phenoxy) is 1. The van der Waals surface area contributed by atoms with E-state index in [1.807, 2.05) is 25.3 Å². The molecule has 1 aromatic heterocycles. The van der Waals surface area contributed by atoms with Crippen LogP contribution in [-0.2, 0) is 16.6 Å². The molecule has 2 aromatic rings. The Balaban J connectivity index is 1.44. The average Bonchev–Trinajstić information content (AvgIpc) is 3.14. The minimum absolute atomic E-state index is 0.0277. The van der Waals surface area contributed by atoms with Gasteiger partial charge < -0.3 is 9.30 Å². The second-order valence-corrected chi connectivity index (χ2v) is 8.53. The zero-order valence-corrected chi connectivity index (χ0v) is 17.0. The number of thioether (sulfide) groups is 1. The molecule has 1 amide bonds. The van der Waals surface area contributed by atoms with Gasteiger partial charge in [-0.25, -0.2) is 0 Å². The van der Waals surface area contributed by atoms with Gasteiger partial charge in [0, 0.05) is 55.9 Å². The zero-order chi connectivity index (χ0) is 18.8. The summed E-state index contributed by atoms with van der Waals surface area (Å²) in [4.78, 5) is 17.7. The molecular weight excluding hydrogens is 378 g/mol. The molecule has 0 spiro atoms. The van der Waals surface area contributed by atoms with Gasteiger partial charge in [0.1, 0.15) is 4.32 Å². The summed E-state index contributed by atoms with van der Waals surface area (Å²) >= 11 is 6.88. The van der Waals surface area contributed by atoms with Crippen molar-refractivity contribution in [2.24, 2.45) is 7.05 Å². The summed E-state index contributed by atoms with van der Waals surface area (Å²) in [6.45, 7) is 5.19. The van der Waals surface area contributed by atoms with Crippen LogP contribution in [0, 0.1) is 0 Å². The monoisotopic (exact) mass is 401 g/mol. The van der Waals surface area contributed by atoms with Gasteiger partial charge in [-0.15, -0.1) is 0 Å². The van der Waals surface area contributed by atoms with Crippen molar-refractivity contribution in [3.63, 3.8) is 0 Å². The van der Waals surface area contributed by atoms with E-state index in [0.717, 1.165) is 55.7 Å². The van der Waals surface area contributed by atoms with Gasteiger partial charge in [-0.3, -0.25) is 14.6 Å². The number of amides is 1. The minimum Gasteiger partial charge on any atom is -0.379 e. The summed E-state index contributed by atoms with van der Waals surface area (Å²) < 4.78 is 8.13. The smallest absolute Gasteiger partial charge is 0.266 e. The number of benzene rings is 1. The van der Waals surface area contributed by atoms with Crippen LogP contribution in [0.2, 0.25) is 0 Å². The summed E-state index contributed by atoms with van der Waals surface area (Å²) in [6.07, 6.45) is 4.97. The van der Waals surface area contributed by atoms with E-state index < -0.39 is 0 Å². The number of thiocarbonyl (C=S) groups is 1. The molecule has 2 fully saturated rings. The van der Waals surface area contributed by atoms with E-state index in [0.29, 0.717) is 15.8 Å². The second kappa shape index (κ2) is 8.14. The molecule has 5 nitrogen and oxygen atoms in total. The maximum absolute atomic E-state index is 12.9. The molecule has 27 heavy (non-hydrogen) atoms. The largest absolute Gasteiger partial charge is 0.379 e. The molecule has 0 aliphatic carbocycles. The van der Waals surface area contributed by atoms with Gasteiger partial charge in [-0.2, -0.15) is 0 Å². The number of rotatable bonds is 5. The number of carbonyl (C=O) groups is 1. The first kappa shape index (κ1) is 18.7. The lowest BCUT2D eigenvalue weighted by atomic mass is 10.1. The number of fused-ring (bicyclic) bond motifs is 1. The summed E-state index contributed by atoms with van der Waals surface area (Å²) in [5, 5.41) is 1.15.